The van der Waals surface area contributed by atoms with Crippen LogP contribution < -0.4 is 10.6 Å². The van der Waals surface area contributed by atoms with E-state index in [1.54, 1.807) is 0 Å². The minimum Gasteiger partial charge on any atom is -0.398 e. The number of nitrogen functional groups attached to an aromatic ring is 1. The van der Waals surface area contributed by atoms with Crippen LogP contribution in [0, 0.1) is 13.8 Å². The van der Waals surface area contributed by atoms with Gasteiger partial charge >= 0.3 is 0 Å². The number of benzene rings is 2. The predicted molar refractivity (Wildman–Crippen MR) is 78.9 cm³/mol. The zero-order valence-electron chi connectivity index (χ0n) is 11.3. The molecule has 0 amide bonds. The molecule has 0 aromatic heterocycles. The van der Waals surface area contributed by atoms with Gasteiger partial charge in [0, 0.05) is 25.0 Å². The maximum Gasteiger partial charge on any atom is 0.0428 e. The van der Waals surface area contributed by atoms with Crippen molar-refractivity contribution in [3.05, 3.63) is 59.2 Å². The monoisotopic (exact) mass is 240 g/mol. The van der Waals surface area contributed by atoms with Gasteiger partial charge in [-0.1, -0.05) is 30.3 Å². The van der Waals surface area contributed by atoms with Crippen LogP contribution in [-0.4, -0.2) is 7.05 Å². The molecular formula is C16H20N2. The predicted octanol–water partition coefficient (Wildman–Crippen LogP) is 3.52. The van der Waals surface area contributed by atoms with E-state index in [9.17, 15) is 0 Å². The Balaban J connectivity index is 2.19. The Morgan fingerprint density at radius 2 is 1.72 bits per heavy atom. The van der Waals surface area contributed by atoms with Gasteiger partial charge in [0.25, 0.3) is 0 Å². The highest BCUT2D eigenvalue weighted by Crippen LogP contribution is 2.22. The van der Waals surface area contributed by atoms with Crippen molar-refractivity contribution in [3.63, 3.8) is 0 Å². The van der Waals surface area contributed by atoms with Crippen LogP contribution in [0.3, 0.4) is 0 Å². The van der Waals surface area contributed by atoms with Gasteiger partial charge < -0.3 is 10.6 Å². The number of hydrogen-bond donors (Lipinski definition) is 1. The topological polar surface area (TPSA) is 29.3 Å². The Morgan fingerprint density at radius 3 is 2.39 bits per heavy atom. The fourth-order valence-electron chi connectivity index (χ4n) is 2.00. The van der Waals surface area contributed by atoms with Crippen molar-refractivity contribution in [1.29, 1.82) is 0 Å². The lowest BCUT2D eigenvalue weighted by Crippen LogP contribution is -2.17. The van der Waals surface area contributed by atoms with Crippen molar-refractivity contribution in [2.45, 2.75) is 20.4 Å². The third-order valence-electron chi connectivity index (χ3n) is 3.37. The van der Waals surface area contributed by atoms with Gasteiger partial charge in [-0.2, -0.15) is 0 Å². The molecule has 0 unspecified atom stereocenters. The molecule has 2 rings (SSSR count). The third kappa shape index (κ3) is 2.65. The van der Waals surface area contributed by atoms with E-state index < -0.39 is 0 Å². The first kappa shape index (κ1) is 12.5. The molecule has 94 valence electrons. The van der Waals surface area contributed by atoms with E-state index in [2.05, 4.69) is 55.3 Å². The number of aryl methyl sites for hydroxylation is 2. The molecule has 2 heteroatoms. The Bertz CT molecular complexity index is 547. The zero-order valence-corrected chi connectivity index (χ0v) is 11.3. The molecule has 2 aromatic carbocycles. The Hall–Kier alpha value is -1.96. The quantitative estimate of drug-likeness (QED) is 0.832. The molecule has 0 bridgehead atoms. The van der Waals surface area contributed by atoms with Crippen molar-refractivity contribution in [1.82, 2.24) is 0 Å². The molecule has 0 saturated carbocycles. The number of nitrogens with zero attached hydrogens (tertiary/aromatic N) is 1. The molecule has 0 atom stereocenters. The number of hydrogen-bond acceptors (Lipinski definition) is 2. The van der Waals surface area contributed by atoms with Gasteiger partial charge in [0.05, 0.1) is 0 Å². The van der Waals surface area contributed by atoms with Gasteiger partial charge in [-0.25, -0.2) is 0 Å². The lowest BCUT2D eigenvalue weighted by atomic mass is 10.1. The van der Waals surface area contributed by atoms with Crippen LogP contribution in [0.15, 0.2) is 42.5 Å². The zero-order chi connectivity index (χ0) is 13.1. The minimum atomic E-state index is 0.851. The van der Waals surface area contributed by atoms with E-state index in [1.165, 1.54) is 11.1 Å². The Kier molecular flexibility index (Phi) is 3.56. The lowest BCUT2D eigenvalue weighted by Gasteiger charge is -2.21. The molecule has 2 aromatic rings. The summed E-state index contributed by atoms with van der Waals surface area (Å²) in [6.45, 7) is 5.07. The summed E-state index contributed by atoms with van der Waals surface area (Å²) in [5.74, 6) is 0. The Morgan fingerprint density at radius 1 is 1.00 bits per heavy atom. The van der Waals surface area contributed by atoms with Crippen LogP contribution in [0.5, 0.6) is 0 Å². The molecule has 0 spiro atoms. The first-order valence-electron chi connectivity index (χ1n) is 6.19. The van der Waals surface area contributed by atoms with Crippen LogP contribution in [0.25, 0.3) is 0 Å². The van der Waals surface area contributed by atoms with Crippen LogP contribution in [0.2, 0.25) is 0 Å². The normalized spacial score (nSPS) is 10.4. The molecule has 0 aliphatic carbocycles. The van der Waals surface area contributed by atoms with Gasteiger partial charge in [-0.05, 0) is 42.7 Å². The summed E-state index contributed by atoms with van der Waals surface area (Å²) < 4.78 is 0. The number of nitrogens with two attached hydrogens (primary N) is 1. The second-order valence-corrected chi connectivity index (χ2v) is 4.82. The average molecular weight is 240 g/mol. The summed E-state index contributed by atoms with van der Waals surface area (Å²) in [6, 6.07) is 14.7. The van der Waals surface area contributed by atoms with Gasteiger partial charge in [-0.15, -0.1) is 0 Å². The van der Waals surface area contributed by atoms with Crippen molar-refractivity contribution in [2.24, 2.45) is 0 Å². The molecular weight excluding hydrogens is 220 g/mol. The maximum absolute atomic E-state index is 5.96. The van der Waals surface area contributed by atoms with E-state index in [1.807, 2.05) is 13.0 Å². The fraction of sp³-hybridized carbons (Fsp3) is 0.250. The molecule has 18 heavy (non-hydrogen) atoms. The SMILES string of the molecule is Cc1ccc(N(C)Cc2ccccc2C)cc1N. The third-order valence-corrected chi connectivity index (χ3v) is 3.37. The minimum absolute atomic E-state index is 0.851. The summed E-state index contributed by atoms with van der Waals surface area (Å²) in [7, 11) is 2.09. The van der Waals surface area contributed by atoms with E-state index >= 15 is 0 Å². The van der Waals surface area contributed by atoms with Crippen LogP contribution in [-0.2, 0) is 6.54 Å². The van der Waals surface area contributed by atoms with Crippen molar-refractivity contribution >= 4 is 11.4 Å². The smallest absolute Gasteiger partial charge is 0.0428 e. The molecule has 0 radical (unpaired) electrons. The average Bonchev–Trinajstić information content (AvgIpc) is 2.35. The number of anilines is 2. The summed E-state index contributed by atoms with van der Waals surface area (Å²) in [4.78, 5) is 2.22. The van der Waals surface area contributed by atoms with Gasteiger partial charge in [0.1, 0.15) is 0 Å². The molecule has 2 nitrogen and oxygen atoms in total. The van der Waals surface area contributed by atoms with E-state index in [0.717, 1.165) is 23.5 Å². The summed E-state index contributed by atoms with van der Waals surface area (Å²) in [5, 5.41) is 0. The highest BCUT2D eigenvalue weighted by Gasteiger charge is 2.05. The summed E-state index contributed by atoms with van der Waals surface area (Å²) in [5.41, 5.74) is 11.8. The van der Waals surface area contributed by atoms with Crippen molar-refractivity contribution in [2.75, 3.05) is 17.7 Å². The molecule has 0 aliphatic heterocycles. The van der Waals surface area contributed by atoms with E-state index in [4.69, 9.17) is 5.73 Å². The van der Waals surface area contributed by atoms with Crippen LogP contribution in [0.1, 0.15) is 16.7 Å². The van der Waals surface area contributed by atoms with Gasteiger partial charge in [-0.3, -0.25) is 0 Å². The number of rotatable bonds is 3. The molecule has 0 heterocycles. The molecule has 0 fully saturated rings. The summed E-state index contributed by atoms with van der Waals surface area (Å²) >= 11 is 0. The van der Waals surface area contributed by atoms with Crippen molar-refractivity contribution in [3.8, 4) is 0 Å². The second-order valence-electron chi connectivity index (χ2n) is 4.82. The first-order valence-corrected chi connectivity index (χ1v) is 6.19. The highest BCUT2D eigenvalue weighted by atomic mass is 15.1. The van der Waals surface area contributed by atoms with Gasteiger partial charge in [0.2, 0.25) is 0 Å². The Labute approximate surface area is 109 Å². The first-order chi connectivity index (χ1) is 8.58. The molecule has 0 saturated heterocycles. The lowest BCUT2D eigenvalue weighted by molar-refractivity contribution is 0.914. The van der Waals surface area contributed by atoms with Gasteiger partial charge in [0.15, 0.2) is 0 Å². The highest BCUT2D eigenvalue weighted by molar-refractivity contribution is 5.59. The molecule has 0 aliphatic rings. The van der Waals surface area contributed by atoms with Crippen LogP contribution in [0.4, 0.5) is 11.4 Å². The van der Waals surface area contributed by atoms with E-state index in [0.29, 0.717) is 0 Å². The van der Waals surface area contributed by atoms with Crippen LogP contribution >= 0.6 is 0 Å². The fourth-order valence-corrected chi connectivity index (χ4v) is 2.00. The largest absolute Gasteiger partial charge is 0.398 e. The standard InChI is InChI=1S/C16H20N2/c1-12-6-4-5-7-14(12)11-18(3)15-9-8-13(2)16(17)10-15/h4-10H,11,17H2,1-3H3. The maximum atomic E-state index is 5.96. The second kappa shape index (κ2) is 5.13. The van der Waals surface area contributed by atoms with E-state index in [-0.39, 0.29) is 0 Å². The van der Waals surface area contributed by atoms with Crippen molar-refractivity contribution < 1.29 is 0 Å². The summed E-state index contributed by atoms with van der Waals surface area (Å²) in [6.07, 6.45) is 0. The molecule has 2 N–H and O–H groups in total.